The fraction of sp³-hybridized carbons (Fsp3) is 0.500. The predicted octanol–water partition coefficient (Wildman–Crippen LogP) is 2.63. The molecule has 0 aliphatic carbocycles. The maximum Gasteiger partial charge on any atom is 0.246 e. The van der Waals surface area contributed by atoms with Crippen LogP contribution in [0, 0.1) is 5.82 Å². The van der Waals surface area contributed by atoms with Gasteiger partial charge in [0.15, 0.2) is 0 Å². The third kappa shape index (κ3) is 2.94. The highest BCUT2D eigenvalue weighted by molar-refractivity contribution is 7.89. The van der Waals surface area contributed by atoms with Gasteiger partial charge in [-0.25, -0.2) is 12.8 Å². The van der Waals surface area contributed by atoms with Crippen molar-refractivity contribution in [1.29, 1.82) is 0 Å². The van der Waals surface area contributed by atoms with Crippen molar-refractivity contribution in [3.05, 3.63) is 28.5 Å². The minimum absolute atomic E-state index is 0.0697. The van der Waals surface area contributed by atoms with E-state index in [1.807, 2.05) is 0 Å². The number of methoxy groups -OCH3 is 1. The fourth-order valence-electron chi connectivity index (χ4n) is 2.15. The minimum atomic E-state index is -3.93. The van der Waals surface area contributed by atoms with E-state index in [1.54, 1.807) is 0 Å². The summed E-state index contributed by atoms with van der Waals surface area (Å²) in [6.45, 7) is 0.504. The first kappa shape index (κ1) is 16.0. The molecule has 1 aromatic carbocycles. The molecule has 1 saturated heterocycles. The summed E-state index contributed by atoms with van der Waals surface area (Å²) in [7, 11) is -2.41. The number of ether oxygens (including phenoxy) is 1. The Labute approximate surface area is 127 Å². The molecule has 0 radical (unpaired) electrons. The molecule has 1 aromatic rings. The van der Waals surface area contributed by atoms with Crippen LogP contribution in [0.15, 0.2) is 17.0 Å². The average molecular weight is 342 g/mol. The molecule has 1 fully saturated rings. The highest BCUT2D eigenvalue weighted by Crippen LogP contribution is 2.29. The quantitative estimate of drug-likeness (QED) is 0.791. The Morgan fingerprint density at radius 2 is 2.20 bits per heavy atom. The molecule has 1 atom stereocenters. The van der Waals surface area contributed by atoms with Gasteiger partial charge in [0.1, 0.15) is 10.7 Å². The smallest absolute Gasteiger partial charge is 0.246 e. The van der Waals surface area contributed by atoms with Crippen LogP contribution >= 0.6 is 23.2 Å². The molecule has 0 bridgehead atoms. The summed E-state index contributed by atoms with van der Waals surface area (Å²) in [5.41, 5.74) is 0.0697. The van der Waals surface area contributed by atoms with E-state index in [0.717, 1.165) is 6.07 Å². The minimum Gasteiger partial charge on any atom is -0.380 e. The van der Waals surface area contributed by atoms with E-state index < -0.39 is 20.7 Å². The summed E-state index contributed by atoms with van der Waals surface area (Å²) in [6.07, 6.45) is 0.416. The second-order valence-corrected chi connectivity index (χ2v) is 7.13. The van der Waals surface area contributed by atoms with Gasteiger partial charge >= 0.3 is 0 Å². The van der Waals surface area contributed by atoms with Crippen LogP contribution in [0.1, 0.15) is 12.0 Å². The van der Waals surface area contributed by atoms with Gasteiger partial charge in [-0.15, -0.1) is 11.6 Å². The molecule has 112 valence electrons. The molecule has 0 N–H and O–H groups in total. The maximum absolute atomic E-state index is 14.2. The van der Waals surface area contributed by atoms with Crippen LogP contribution in [0.4, 0.5) is 4.39 Å². The molecule has 8 heteroatoms. The summed E-state index contributed by atoms with van der Waals surface area (Å²) in [6, 6.07) is 2.44. The van der Waals surface area contributed by atoms with E-state index >= 15 is 0 Å². The molecule has 1 unspecified atom stereocenters. The van der Waals surface area contributed by atoms with E-state index in [4.69, 9.17) is 27.9 Å². The van der Waals surface area contributed by atoms with Crippen molar-refractivity contribution >= 4 is 33.2 Å². The third-order valence-electron chi connectivity index (χ3n) is 3.28. The Kier molecular flexibility index (Phi) is 4.92. The Morgan fingerprint density at radius 3 is 2.75 bits per heavy atom. The van der Waals surface area contributed by atoms with E-state index in [9.17, 15) is 12.8 Å². The lowest BCUT2D eigenvalue weighted by atomic mass is 10.2. The Balaban J connectivity index is 2.42. The Bertz CT molecular complexity index is 609. The summed E-state index contributed by atoms with van der Waals surface area (Å²) < 4.78 is 45.5. The summed E-state index contributed by atoms with van der Waals surface area (Å²) in [5.74, 6) is -0.986. The molecule has 1 heterocycles. The molecule has 1 aliphatic heterocycles. The van der Waals surface area contributed by atoms with Gasteiger partial charge < -0.3 is 4.74 Å². The first-order valence-electron chi connectivity index (χ1n) is 5.97. The van der Waals surface area contributed by atoms with Gasteiger partial charge in [0.2, 0.25) is 10.0 Å². The molecule has 0 saturated carbocycles. The zero-order valence-electron chi connectivity index (χ0n) is 10.8. The van der Waals surface area contributed by atoms with Crippen molar-refractivity contribution in [2.24, 2.45) is 0 Å². The number of alkyl halides is 1. The summed E-state index contributed by atoms with van der Waals surface area (Å²) in [4.78, 5) is -0.433. The number of benzene rings is 1. The fourth-order valence-corrected chi connectivity index (χ4v) is 4.27. The largest absolute Gasteiger partial charge is 0.380 e. The van der Waals surface area contributed by atoms with E-state index in [0.29, 0.717) is 13.0 Å². The summed E-state index contributed by atoms with van der Waals surface area (Å²) >= 11 is 11.4. The molecule has 0 aromatic heterocycles. The number of nitrogens with zero attached hydrogens (tertiary/aromatic N) is 1. The van der Waals surface area contributed by atoms with E-state index in [1.165, 1.54) is 17.5 Å². The lowest BCUT2D eigenvalue weighted by molar-refractivity contribution is 0.115. The zero-order valence-corrected chi connectivity index (χ0v) is 13.1. The van der Waals surface area contributed by atoms with Crippen LogP contribution in [-0.2, 0) is 20.6 Å². The highest BCUT2D eigenvalue weighted by Gasteiger charge is 2.35. The van der Waals surface area contributed by atoms with Crippen molar-refractivity contribution in [3.8, 4) is 0 Å². The molecule has 0 spiro atoms. The molecule has 0 amide bonds. The van der Waals surface area contributed by atoms with E-state index in [2.05, 4.69) is 0 Å². The van der Waals surface area contributed by atoms with Gasteiger partial charge in [-0.05, 0) is 18.6 Å². The number of hydrogen-bond acceptors (Lipinski definition) is 3. The van der Waals surface area contributed by atoms with Crippen molar-refractivity contribution in [1.82, 2.24) is 4.31 Å². The molecule has 1 aliphatic rings. The van der Waals surface area contributed by atoms with Gasteiger partial charge in [0.05, 0.1) is 12.0 Å². The molecular weight excluding hydrogens is 328 g/mol. The lowest BCUT2D eigenvalue weighted by Crippen LogP contribution is -2.31. The normalized spacial score (nSPS) is 20.5. The molecule has 4 nitrogen and oxygen atoms in total. The van der Waals surface area contributed by atoms with Crippen LogP contribution < -0.4 is 0 Å². The molecular formula is C12H14Cl2FNO3S. The van der Waals surface area contributed by atoms with Crippen molar-refractivity contribution in [3.63, 3.8) is 0 Å². The molecule has 20 heavy (non-hydrogen) atoms. The monoisotopic (exact) mass is 341 g/mol. The standard InChI is InChI=1S/C12H14Cl2FNO3S/c1-19-10-2-3-16(7-10)20(17,18)11-5-9(14)4-8(6-13)12(11)15/h4-5,10H,2-3,6-7H2,1H3. The van der Waals surface area contributed by atoms with Crippen LogP contribution in [-0.4, -0.2) is 39.0 Å². The lowest BCUT2D eigenvalue weighted by Gasteiger charge is -2.17. The Hall–Kier alpha value is -0.400. The number of rotatable bonds is 4. The number of halogens is 3. The average Bonchev–Trinajstić information content (AvgIpc) is 2.90. The van der Waals surface area contributed by atoms with Gasteiger partial charge in [0, 0.05) is 30.8 Å². The van der Waals surface area contributed by atoms with Crippen molar-refractivity contribution in [2.75, 3.05) is 20.2 Å². The van der Waals surface area contributed by atoms with Gasteiger partial charge in [0.25, 0.3) is 0 Å². The van der Waals surface area contributed by atoms with Crippen LogP contribution in [0.5, 0.6) is 0 Å². The van der Waals surface area contributed by atoms with E-state index in [-0.39, 0.29) is 29.1 Å². The number of sulfonamides is 1. The molecule has 2 rings (SSSR count). The number of hydrogen-bond donors (Lipinski definition) is 0. The van der Waals surface area contributed by atoms with Crippen LogP contribution in [0.3, 0.4) is 0 Å². The highest BCUT2D eigenvalue weighted by atomic mass is 35.5. The van der Waals surface area contributed by atoms with Gasteiger partial charge in [-0.2, -0.15) is 4.31 Å². The first-order valence-corrected chi connectivity index (χ1v) is 8.32. The Morgan fingerprint density at radius 1 is 1.50 bits per heavy atom. The van der Waals surface area contributed by atoms with Gasteiger partial charge in [-0.1, -0.05) is 11.6 Å². The van der Waals surface area contributed by atoms with Crippen LogP contribution in [0.2, 0.25) is 5.02 Å². The second kappa shape index (κ2) is 6.15. The van der Waals surface area contributed by atoms with Crippen molar-refractivity contribution < 1.29 is 17.5 Å². The summed E-state index contributed by atoms with van der Waals surface area (Å²) in [5, 5.41) is 0.142. The third-order valence-corrected chi connectivity index (χ3v) is 5.65. The maximum atomic E-state index is 14.2. The SMILES string of the molecule is COC1CCN(S(=O)(=O)c2cc(Cl)cc(CCl)c2F)C1. The zero-order chi connectivity index (χ0) is 14.9. The topological polar surface area (TPSA) is 46.6 Å². The predicted molar refractivity (Wildman–Crippen MR) is 75.1 cm³/mol. The van der Waals surface area contributed by atoms with Crippen LogP contribution in [0.25, 0.3) is 0 Å². The van der Waals surface area contributed by atoms with Gasteiger partial charge in [-0.3, -0.25) is 0 Å². The first-order chi connectivity index (χ1) is 9.40. The second-order valence-electron chi connectivity index (χ2n) is 4.52. The van der Waals surface area contributed by atoms with Crippen molar-refractivity contribution in [2.45, 2.75) is 23.3 Å².